The van der Waals surface area contributed by atoms with Gasteiger partial charge < -0.3 is 4.57 Å². The number of carbonyl (C=O) groups excluding carboxylic acids is 2. The van der Waals surface area contributed by atoms with Gasteiger partial charge >= 0.3 is 0 Å². The molecule has 0 saturated carbocycles. The summed E-state index contributed by atoms with van der Waals surface area (Å²) in [7, 11) is 1.76. The van der Waals surface area contributed by atoms with E-state index in [1.54, 1.807) is 36.0 Å². The minimum Gasteiger partial charge on any atom is -0.347 e. The SMILES string of the molecule is Cc1ccc(C(=O)NNC(=O)c2cccn2C)c(C)c1. The molecule has 2 aromatic rings. The van der Waals surface area contributed by atoms with Crippen LogP contribution in [0.15, 0.2) is 36.5 Å². The third-order valence-corrected chi connectivity index (χ3v) is 3.09. The van der Waals surface area contributed by atoms with Gasteiger partial charge in [0.15, 0.2) is 0 Å². The van der Waals surface area contributed by atoms with E-state index < -0.39 is 0 Å². The number of nitrogens with one attached hydrogen (secondary N) is 2. The van der Waals surface area contributed by atoms with Crippen molar-refractivity contribution in [2.75, 3.05) is 0 Å². The van der Waals surface area contributed by atoms with E-state index in [0.29, 0.717) is 11.3 Å². The summed E-state index contributed by atoms with van der Waals surface area (Å²) >= 11 is 0. The Morgan fingerprint density at radius 1 is 1.05 bits per heavy atom. The number of hydrazine groups is 1. The lowest BCUT2D eigenvalue weighted by molar-refractivity contribution is 0.0841. The second-order valence-corrected chi connectivity index (χ2v) is 4.73. The number of nitrogens with zero attached hydrogens (tertiary/aromatic N) is 1. The summed E-state index contributed by atoms with van der Waals surface area (Å²) in [6, 6.07) is 8.98. The van der Waals surface area contributed by atoms with Gasteiger partial charge in [-0.25, -0.2) is 0 Å². The van der Waals surface area contributed by atoms with Crippen molar-refractivity contribution in [2.24, 2.45) is 7.05 Å². The third kappa shape index (κ3) is 2.88. The van der Waals surface area contributed by atoms with Crippen LogP contribution in [0.3, 0.4) is 0 Å². The molecule has 0 bridgehead atoms. The maximum Gasteiger partial charge on any atom is 0.286 e. The number of aromatic nitrogens is 1. The first-order valence-electron chi connectivity index (χ1n) is 6.28. The summed E-state index contributed by atoms with van der Waals surface area (Å²) in [5.74, 6) is -0.680. The van der Waals surface area contributed by atoms with Crippen molar-refractivity contribution in [1.82, 2.24) is 15.4 Å². The van der Waals surface area contributed by atoms with Crippen molar-refractivity contribution in [2.45, 2.75) is 13.8 Å². The molecule has 2 amide bonds. The van der Waals surface area contributed by atoms with Gasteiger partial charge in [0.05, 0.1) is 0 Å². The van der Waals surface area contributed by atoms with Crippen LogP contribution in [0, 0.1) is 13.8 Å². The van der Waals surface area contributed by atoms with Crippen LogP contribution in [-0.2, 0) is 7.05 Å². The van der Waals surface area contributed by atoms with Crippen LogP contribution >= 0.6 is 0 Å². The van der Waals surface area contributed by atoms with Gasteiger partial charge in [-0.2, -0.15) is 0 Å². The number of amides is 2. The van der Waals surface area contributed by atoms with Crippen molar-refractivity contribution in [3.05, 3.63) is 58.9 Å². The number of hydrogen-bond acceptors (Lipinski definition) is 2. The Labute approximate surface area is 117 Å². The van der Waals surface area contributed by atoms with Crippen molar-refractivity contribution >= 4 is 11.8 Å². The van der Waals surface area contributed by atoms with Crippen LogP contribution in [0.5, 0.6) is 0 Å². The van der Waals surface area contributed by atoms with E-state index in [0.717, 1.165) is 11.1 Å². The fourth-order valence-electron chi connectivity index (χ4n) is 2.01. The highest BCUT2D eigenvalue weighted by atomic mass is 16.2. The molecule has 1 aromatic heterocycles. The number of carbonyl (C=O) groups is 2. The first-order valence-corrected chi connectivity index (χ1v) is 6.28. The van der Waals surface area contributed by atoms with Crippen LogP contribution in [-0.4, -0.2) is 16.4 Å². The fourth-order valence-corrected chi connectivity index (χ4v) is 2.01. The maximum absolute atomic E-state index is 12.0. The van der Waals surface area contributed by atoms with Crippen LogP contribution in [0.2, 0.25) is 0 Å². The number of hydrogen-bond donors (Lipinski definition) is 2. The van der Waals surface area contributed by atoms with E-state index in [4.69, 9.17) is 0 Å². The molecule has 0 aliphatic carbocycles. The smallest absolute Gasteiger partial charge is 0.286 e. The van der Waals surface area contributed by atoms with E-state index >= 15 is 0 Å². The van der Waals surface area contributed by atoms with E-state index in [1.165, 1.54) is 0 Å². The summed E-state index contributed by atoms with van der Waals surface area (Å²) in [5, 5.41) is 0. The zero-order valence-corrected chi connectivity index (χ0v) is 11.7. The molecule has 1 aromatic carbocycles. The molecule has 2 N–H and O–H groups in total. The quantitative estimate of drug-likeness (QED) is 0.817. The van der Waals surface area contributed by atoms with Crippen LogP contribution in [0.4, 0.5) is 0 Å². The minimum absolute atomic E-state index is 0.329. The molecule has 0 radical (unpaired) electrons. The molecular weight excluding hydrogens is 254 g/mol. The Morgan fingerprint density at radius 2 is 1.75 bits per heavy atom. The molecule has 2 rings (SSSR count). The zero-order chi connectivity index (χ0) is 14.7. The highest BCUT2D eigenvalue weighted by molar-refractivity contribution is 5.99. The van der Waals surface area contributed by atoms with E-state index in [9.17, 15) is 9.59 Å². The Kier molecular flexibility index (Phi) is 3.89. The Bertz CT molecular complexity index is 659. The van der Waals surface area contributed by atoms with E-state index in [-0.39, 0.29) is 11.8 Å². The minimum atomic E-state index is -0.351. The number of rotatable bonds is 2. The molecule has 1 heterocycles. The summed E-state index contributed by atoms with van der Waals surface area (Å²) in [6.45, 7) is 3.83. The number of benzene rings is 1. The molecule has 0 unspecified atom stereocenters. The summed E-state index contributed by atoms with van der Waals surface area (Å²) in [4.78, 5) is 23.9. The first-order chi connectivity index (χ1) is 9.49. The average Bonchev–Trinajstić information content (AvgIpc) is 2.82. The fraction of sp³-hybridized carbons (Fsp3) is 0.200. The van der Waals surface area contributed by atoms with Crippen molar-refractivity contribution in [3.63, 3.8) is 0 Å². The van der Waals surface area contributed by atoms with Gasteiger partial charge in [-0.1, -0.05) is 17.7 Å². The number of aryl methyl sites for hydroxylation is 3. The van der Waals surface area contributed by atoms with Gasteiger partial charge in [-0.15, -0.1) is 0 Å². The topological polar surface area (TPSA) is 63.1 Å². The normalized spacial score (nSPS) is 10.2. The average molecular weight is 271 g/mol. The third-order valence-electron chi connectivity index (χ3n) is 3.09. The molecule has 104 valence electrons. The summed E-state index contributed by atoms with van der Waals surface area (Å²) < 4.78 is 1.68. The lowest BCUT2D eigenvalue weighted by Gasteiger charge is -2.10. The molecule has 5 nitrogen and oxygen atoms in total. The van der Waals surface area contributed by atoms with Crippen molar-refractivity contribution < 1.29 is 9.59 Å². The highest BCUT2D eigenvalue weighted by Crippen LogP contribution is 2.10. The van der Waals surface area contributed by atoms with Gasteiger partial charge in [0.2, 0.25) is 0 Å². The molecule has 0 saturated heterocycles. The molecule has 0 fully saturated rings. The van der Waals surface area contributed by atoms with E-state index in [1.807, 2.05) is 26.0 Å². The largest absolute Gasteiger partial charge is 0.347 e. The van der Waals surface area contributed by atoms with Crippen LogP contribution < -0.4 is 10.9 Å². The van der Waals surface area contributed by atoms with Crippen molar-refractivity contribution in [1.29, 1.82) is 0 Å². The second kappa shape index (κ2) is 5.61. The van der Waals surface area contributed by atoms with Gasteiger partial charge in [-0.3, -0.25) is 20.4 Å². The summed E-state index contributed by atoms with van der Waals surface area (Å²) in [6.07, 6.45) is 1.76. The molecule has 0 aliphatic heterocycles. The van der Waals surface area contributed by atoms with Crippen LogP contribution in [0.1, 0.15) is 32.0 Å². The lowest BCUT2D eigenvalue weighted by Crippen LogP contribution is -2.42. The molecule has 0 aliphatic rings. The second-order valence-electron chi connectivity index (χ2n) is 4.73. The van der Waals surface area contributed by atoms with Gasteiger partial charge in [-0.05, 0) is 37.6 Å². The molecule has 20 heavy (non-hydrogen) atoms. The Hall–Kier alpha value is -2.56. The molecular formula is C15H17N3O2. The van der Waals surface area contributed by atoms with E-state index in [2.05, 4.69) is 10.9 Å². The monoisotopic (exact) mass is 271 g/mol. The lowest BCUT2D eigenvalue weighted by atomic mass is 10.1. The predicted octanol–water partition coefficient (Wildman–Crippen LogP) is 1.72. The standard InChI is InChI=1S/C15H17N3O2/c1-10-6-7-12(11(2)9-10)14(19)16-17-15(20)13-5-4-8-18(13)3/h4-9H,1-3H3,(H,16,19)(H,17,20). The van der Waals surface area contributed by atoms with Crippen molar-refractivity contribution in [3.8, 4) is 0 Å². The zero-order valence-electron chi connectivity index (χ0n) is 11.7. The maximum atomic E-state index is 12.0. The van der Waals surface area contributed by atoms with Gasteiger partial charge in [0.25, 0.3) is 11.8 Å². The van der Waals surface area contributed by atoms with Gasteiger partial charge in [0.1, 0.15) is 5.69 Å². The van der Waals surface area contributed by atoms with Crippen LogP contribution in [0.25, 0.3) is 0 Å². The predicted molar refractivity (Wildman–Crippen MR) is 76.3 cm³/mol. The molecule has 5 heteroatoms. The molecule has 0 spiro atoms. The summed E-state index contributed by atoms with van der Waals surface area (Å²) in [5.41, 5.74) is 7.81. The molecule has 0 atom stereocenters. The van der Waals surface area contributed by atoms with Gasteiger partial charge in [0, 0.05) is 18.8 Å². The first kappa shape index (κ1) is 13.9. The Balaban J connectivity index is 2.02. The Morgan fingerprint density at radius 3 is 2.35 bits per heavy atom. The highest BCUT2D eigenvalue weighted by Gasteiger charge is 2.12.